The zero-order chi connectivity index (χ0) is 17.6. The average molecular weight is 336 g/mol. The molecule has 2 aromatic carbocycles. The van der Waals surface area contributed by atoms with Gasteiger partial charge in [-0.1, -0.05) is 12.1 Å². The van der Waals surface area contributed by atoms with Crippen LogP contribution < -0.4 is 4.90 Å². The highest BCUT2D eigenvalue weighted by Crippen LogP contribution is 2.22. The maximum Gasteiger partial charge on any atom is 0.276 e. The first-order valence-electron chi connectivity index (χ1n) is 8.46. The fourth-order valence-corrected chi connectivity index (χ4v) is 3.05. The predicted octanol–water partition coefficient (Wildman–Crippen LogP) is 4.48. The first kappa shape index (κ1) is 16.9. The Hall–Kier alpha value is -2.95. The van der Waals surface area contributed by atoms with Crippen molar-refractivity contribution in [2.45, 2.75) is 19.3 Å². The standard InChI is InChI=1S/C20H20N2O3/c23-20(13-10-16-6-2-3-7-19(16)22(24)25)17-8-11-18(12-9-17)21-14-4-1-5-15-21/h2-3,6-13H,1,4-5,14-15H2/b13-10+. The Balaban J connectivity index is 1.72. The minimum Gasteiger partial charge on any atom is -0.372 e. The first-order valence-corrected chi connectivity index (χ1v) is 8.46. The molecule has 2 aromatic rings. The van der Waals surface area contributed by atoms with Crippen molar-refractivity contribution in [3.63, 3.8) is 0 Å². The quantitative estimate of drug-likeness (QED) is 0.349. The Morgan fingerprint density at radius 1 is 1.00 bits per heavy atom. The minimum atomic E-state index is -0.447. The number of carbonyl (C=O) groups excluding carboxylic acids is 1. The lowest BCUT2D eigenvalue weighted by Crippen LogP contribution is -2.29. The van der Waals surface area contributed by atoms with E-state index in [1.54, 1.807) is 18.2 Å². The van der Waals surface area contributed by atoms with Gasteiger partial charge in [-0.15, -0.1) is 0 Å². The van der Waals surface area contributed by atoms with E-state index in [0.717, 1.165) is 18.8 Å². The number of nitrogens with zero attached hydrogens (tertiary/aromatic N) is 2. The molecule has 128 valence electrons. The van der Waals surface area contributed by atoms with Crippen LogP contribution in [0.4, 0.5) is 11.4 Å². The zero-order valence-corrected chi connectivity index (χ0v) is 13.9. The van der Waals surface area contributed by atoms with Crippen molar-refractivity contribution in [2.24, 2.45) is 0 Å². The number of carbonyl (C=O) groups is 1. The summed E-state index contributed by atoms with van der Waals surface area (Å²) in [6.45, 7) is 2.12. The van der Waals surface area contributed by atoms with E-state index < -0.39 is 4.92 Å². The Labute approximate surface area is 146 Å². The smallest absolute Gasteiger partial charge is 0.276 e. The van der Waals surface area contributed by atoms with Crippen LogP contribution in [0, 0.1) is 10.1 Å². The van der Waals surface area contributed by atoms with E-state index in [1.165, 1.54) is 37.5 Å². The fourth-order valence-electron chi connectivity index (χ4n) is 3.05. The number of anilines is 1. The Morgan fingerprint density at radius 3 is 2.36 bits per heavy atom. The topological polar surface area (TPSA) is 63.4 Å². The van der Waals surface area contributed by atoms with Gasteiger partial charge in [0, 0.05) is 30.4 Å². The van der Waals surface area contributed by atoms with E-state index in [1.807, 2.05) is 24.3 Å². The lowest BCUT2D eigenvalue weighted by atomic mass is 10.1. The van der Waals surface area contributed by atoms with Crippen LogP contribution in [0.25, 0.3) is 6.08 Å². The van der Waals surface area contributed by atoms with Crippen LogP contribution in [0.1, 0.15) is 35.2 Å². The molecule has 25 heavy (non-hydrogen) atoms. The van der Waals surface area contributed by atoms with Gasteiger partial charge < -0.3 is 4.90 Å². The molecule has 0 unspecified atom stereocenters. The molecule has 0 aliphatic carbocycles. The van der Waals surface area contributed by atoms with Gasteiger partial charge >= 0.3 is 0 Å². The monoisotopic (exact) mass is 336 g/mol. The van der Waals surface area contributed by atoms with Crippen LogP contribution in [-0.2, 0) is 0 Å². The number of nitro benzene ring substituents is 1. The number of nitro groups is 1. The summed E-state index contributed by atoms with van der Waals surface area (Å²) in [4.78, 5) is 25.2. The summed E-state index contributed by atoms with van der Waals surface area (Å²) in [7, 11) is 0. The van der Waals surface area contributed by atoms with E-state index in [-0.39, 0.29) is 11.5 Å². The lowest BCUT2D eigenvalue weighted by Gasteiger charge is -2.28. The summed E-state index contributed by atoms with van der Waals surface area (Å²) in [5, 5.41) is 11.0. The molecule has 1 aliphatic rings. The summed E-state index contributed by atoms with van der Waals surface area (Å²) in [5.74, 6) is -0.164. The number of piperidine rings is 1. The first-order chi connectivity index (χ1) is 12.1. The van der Waals surface area contributed by atoms with Gasteiger partial charge in [0.2, 0.25) is 0 Å². The normalized spacial score (nSPS) is 14.6. The summed E-state index contributed by atoms with van der Waals surface area (Å²) >= 11 is 0. The zero-order valence-electron chi connectivity index (χ0n) is 13.9. The van der Waals surface area contributed by atoms with Gasteiger partial charge in [0.05, 0.1) is 10.5 Å². The molecule has 1 aliphatic heterocycles. The maximum atomic E-state index is 12.3. The van der Waals surface area contributed by atoms with Crippen molar-refractivity contribution in [3.8, 4) is 0 Å². The minimum absolute atomic E-state index is 0.00741. The second kappa shape index (κ2) is 7.75. The van der Waals surface area contributed by atoms with Crippen molar-refractivity contribution < 1.29 is 9.72 Å². The van der Waals surface area contributed by atoms with Crippen LogP contribution in [0.2, 0.25) is 0 Å². The molecule has 0 aromatic heterocycles. The summed E-state index contributed by atoms with van der Waals surface area (Å²) < 4.78 is 0. The third-order valence-electron chi connectivity index (χ3n) is 4.42. The van der Waals surface area contributed by atoms with Crippen LogP contribution in [0.15, 0.2) is 54.6 Å². The van der Waals surface area contributed by atoms with E-state index in [4.69, 9.17) is 0 Å². The van der Waals surface area contributed by atoms with E-state index in [0.29, 0.717) is 11.1 Å². The number of rotatable bonds is 5. The number of benzene rings is 2. The number of para-hydroxylation sites is 1. The van der Waals surface area contributed by atoms with Crippen molar-refractivity contribution in [3.05, 3.63) is 75.8 Å². The van der Waals surface area contributed by atoms with E-state index in [9.17, 15) is 14.9 Å². The molecule has 0 amide bonds. The van der Waals surface area contributed by atoms with Gasteiger partial charge in [-0.2, -0.15) is 0 Å². The molecule has 1 saturated heterocycles. The van der Waals surface area contributed by atoms with Gasteiger partial charge in [-0.05, 0) is 61.7 Å². The van der Waals surface area contributed by atoms with Crippen LogP contribution >= 0.6 is 0 Å². The number of hydrogen-bond donors (Lipinski definition) is 0. The second-order valence-electron chi connectivity index (χ2n) is 6.11. The highest BCUT2D eigenvalue weighted by molar-refractivity contribution is 6.07. The van der Waals surface area contributed by atoms with Crippen molar-refractivity contribution in [1.82, 2.24) is 0 Å². The SMILES string of the molecule is O=C(/C=C/c1ccccc1[N+](=O)[O-])c1ccc(N2CCCCC2)cc1. The molecule has 3 rings (SSSR count). The van der Waals surface area contributed by atoms with Gasteiger partial charge in [0.15, 0.2) is 5.78 Å². The lowest BCUT2D eigenvalue weighted by molar-refractivity contribution is -0.385. The van der Waals surface area contributed by atoms with Gasteiger partial charge in [0.25, 0.3) is 5.69 Å². The average Bonchev–Trinajstić information content (AvgIpc) is 2.67. The molecule has 5 nitrogen and oxygen atoms in total. The van der Waals surface area contributed by atoms with Crippen LogP contribution in [0.3, 0.4) is 0 Å². The number of allylic oxidation sites excluding steroid dienone is 1. The second-order valence-corrected chi connectivity index (χ2v) is 6.11. The molecule has 0 atom stereocenters. The molecule has 0 spiro atoms. The molecule has 0 bridgehead atoms. The number of hydrogen-bond acceptors (Lipinski definition) is 4. The fraction of sp³-hybridized carbons (Fsp3) is 0.250. The third-order valence-corrected chi connectivity index (χ3v) is 4.42. The molecule has 1 fully saturated rings. The largest absolute Gasteiger partial charge is 0.372 e. The molecule has 5 heteroatoms. The van der Waals surface area contributed by atoms with Crippen molar-refractivity contribution in [1.29, 1.82) is 0 Å². The van der Waals surface area contributed by atoms with Crippen molar-refractivity contribution in [2.75, 3.05) is 18.0 Å². The number of ketones is 1. The molecular formula is C20H20N2O3. The van der Waals surface area contributed by atoms with Crippen LogP contribution in [-0.4, -0.2) is 23.8 Å². The summed E-state index contributed by atoms with van der Waals surface area (Å²) in [5.41, 5.74) is 2.13. The highest BCUT2D eigenvalue weighted by atomic mass is 16.6. The molecule has 1 heterocycles. The van der Waals surface area contributed by atoms with Gasteiger partial charge in [0.1, 0.15) is 0 Å². The molecule has 0 N–H and O–H groups in total. The Bertz CT molecular complexity index is 791. The molecular weight excluding hydrogens is 316 g/mol. The maximum absolute atomic E-state index is 12.3. The van der Waals surface area contributed by atoms with Gasteiger partial charge in [-0.25, -0.2) is 0 Å². The molecule has 0 radical (unpaired) electrons. The van der Waals surface area contributed by atoms with E-state index >= 15 is 0 Å². The Kier molecular flexibility index (Phi) is 5.23. The Morgan fingerprint density at radius 2 is 1.68 bits per heavy atom. The molecule has 0 saturated carbocycles. The summed E-state index contributed by atoms with van der Waals surface area (Å²) in [6, 6.07) is 13.9. The third kappa shape index (κ3) is 4.12. The highest BCUT2D eigenvalue weighted by Gasteiger charge is 2.12. The van der Waals surface area contributed by atoms with E-state index in [2.05, 4.69) is 4.90 Å². The van der Waals surface area contributed by atoms with Gasteiger partial charge in [-0.3, -0.25) is 14.9 Å². The predicted molar refractivity (Wildman–Crippen MR) is 99.0 cm³/mol. The van der Waals surface area contributed by atoms with Crippen LogP contribution in [0.5, 0.6) is 0 Å². The summed E-state index contributed by atoms with van der Waals surface area (Å²) in [6.07, 6.45) is 6.58. The van der Waals surface area contributed by atoms with Crippen molar-refractivity contribution >= 4 is 23.2 Å².